The molecule has 2 aromatic carbocycles. The zero-order valence-electron chi connectivity index (χ0n) is 16.0. The van der Waals surface area contributed by atoms with Crippen LogP contribution in [0.1, 0.15) is 38.3 Å². The molecule has 3 unspecified atom stereocenters. The maximum Gasteiger partial charge on any atom is 0.185 e. The number of hydrogen-bond donors (Lipinski definition) is 0. The van der Waals surface area contributed by atoms with Crippen LogP contribution < -0.4 is 0 Å². The third-order valence-electron chi connectivity index (χ3n) is 6.12. The first-order valence-corrected chi connectivity index (χ1v) is 10.6. The Morgan fingerprint density at radius 3 is 2.40 bits per heavy atom. The summed E-state index contributed by atoms with van der Waals surface area (Å²) in [5, 5.41) is 22.7. The molecule has 2 aliphatic rings. The maximum atomic E-state index is 13.7. The van der Waals surface area contributed by atoms with E-state index in [4.69, 9.17) is 0 Å². The number of nitriles is 2. The molecule has 0 aliphatic carbocycles. The summed E-state index contributed by atoms with van der Waals surface area (Å²) in [6.45, 7) is 0. The lowest BCUT2D eigenvalue weighted by molar-refractivity contribution is 0.0875. The molecule has 0 spiro atoms. The first-order chi connectivity index (χ1) is 14.7. The van der Waals surface area contributed by atoms with Crippen molar-refractivity contribution >= 4 is 23.2 Å². The number of hydrogen-bond acceptors (Lipinski definition) is 5. The van der Waals surface area contributed by atoms with Crippen molar-refractivity contribution in [3.8, 4) is 12.1 Å². The first-order valence-electron chi connectivity index (χ1n) is 9.71. The minimum Gasteiger partial charge on any atom is -0.357 e. The predicted octanol–water partition coefficient (Wildman–Crippen LogP) is 5.16. The zero-order valence-corrected chi connectivity index (χ0v) is 16.8. The predicted molar refractivity (Wildman–Crippen MR) is 115 cm³/mol. The minimum atomic E-state index is -1.39. The van der Waals surface area contributed by atoms with E-state index in [9.17, 15) is 15.3 Å². The van der Waals surface area contributed by atoms with Gasteiger partial charge >= 0.3 is 0 Å². The fourth-order valence-electron chi connectivity index (χ4n) is 4.84. The number of Topliss-reactive ketones (excluding diaryl/α,β-unsaturated/α-hetero) is 1. The van der Waals surface area contributed by atoms with Crippen molar-refractivity contribution in [3.63, 3.8) is 0 Å². The Kier molecular flexibility index (Phi) is 4.28. The number of rotatable bonds is 3. The Hall–Kier alpha value is -3.67. The Bertz CT molecular complexity index is 1200. The smallest absolute Gasteiger partial charge is 0.185 e. The lowest BCUT2D eigenvalue weighted by Crippen LogP contribution is -2.37. The third kappa shape index (κ3) is 2.46. The van der Waals surface area contributed by atoms with Gasteiger partial charge in [-0.15, -0.1) is 11.3 Å². The van der Waals surface area contributed by atoms with Crippen molar-refractivity contribution in [2.75, 3.05) is 0 Å². The monoisotopic (exact) mass is 407 g/mol. The quantitative estimate of drug-likeness (QED) is 0.563. The van der Waals surface area contributed by atoms with Crippen LogP contribution >= 0.6 is 11.3 Å². The molecule has 2 aliphatic heterocycles. The lowest BCUT2D eigenvalue weighted by atomic mass is 9.69. The molecule has 144 valence electrons. The van der Waals surface area contributed by atoms with Gasteiger partial charge in [-0.2, -0.15) is 10.5 Å². The highest BCUT2D eigenvalue weighted by Crippen LogP contribution is 2.60. The van der Waals surface area contributed by atoms with Crippen LogP contribution in [0.15, 0.2) is 78.3 Å². The molecular weight excluding hydrogens is 390 g/mol. The van der Waals surface area contributed by atoms with E-state index in [1.54, 1.807) is 12.1 Å². The highest BCUT2D eigenvalue weighted by atomic mass is 32.1. The highest BCUT2D eigenvalue weighted by Gasteiger charge is 2.64. The molecule has 0 bridgehead atoms. The molecule has 3 aromatic rings. The fourth-order valence-corrected chi connectivity index (χ4v) is 5.78. The van der Waals surface area contributed by atoms with E-state index in [1.165, 1.54) is 11.3 Å². The number of carbonyl (C=O) groups is 1. The summed E-state index contributed by atoms with van der Waals surface area (Å²) in [6.07, 6.45) is 3.85. The summed E-state index contributed by atoms with van der Waals surface area (Å²) in [4.78, 5) is 16.6. The van der Waals surface area contributed by atoms with Crippen molar-refractivity contribution in [3.05, 3.63) is 99.9 Å². The maximum absolute atomic E-state index is 13.7. The standard InChI is InChI=1S/C25H17N3OS/c26-15-25(16-27)21(20-11-6-14-30-20)22(23(29)18-8-2-1-3-9-18)28-13-12-17-7-4-5-10-19(17)24(25)28/h1-14,21-22,24H. The minimum absolute atomic E-state index is 0.0737. The molecule has 1 fully saturated rings. The summed E-state index contributed by atoms with van der Waals surface area (Å²) in [5.41, 5.74) is 1.09. The number of fused-ring (bicyclic) bond motifs is 3. The van der Waals surface area contributed by atoms with Crippen LogP contribution in [0.5, 0.6) is 0 Å². The van der Waals surface area contributed by atoms with Gasteiger partial charge in [0.25, 0.3) is 0 Å². The third-order valence-corrected chi connectivity index (χ3v) is 7.08. The van der Waals surface area contributed by atoms with Gasteiger partial charge in [0, 0.05) is 16.6 Å². The molecule has 1 saturated heterocycles. The van der Waals surface area contributed by atoms with Gasteiger partial charge in [0.1, 0.15) is 6.04 Å². The average Bonchev–Trinajstić information content (AvgIpc) is 3.43. The highest BCUT2D eigenvalue weighted by molar-refractivity contribution is 7.10. The van der Waals surface area contributed by atoms with Gasteiger partial charge in [-0.1, -0.05) is 60.7 Å². The average molecular weight is 407 g/mol. The van der Waals surface area contributed by atoms with Gasteiger partial charge in [0.2, 0.25) is 0 Å². The summed E-state index contributed by atoms with van der Waals surface area (Å²) < 4.78 is 0. The lowest BCUT2D eigenvalue weighted by Gasteiger charge is -2.34. The van der Waals surface area contributed by atoms with Gasteiger partial charge in [0.15, 0.2) is 11.2 Å². The van der Waals surface area contributed by atoms with Crippen LogP contribution in [-0.4, -0.2) is 16.7 Å². The van der Waals surface area contributed by atoms with E-state index in [-0.39, 0.29) is 5.78 Å². The van der Waals surface area contributed by atoms with Gasteiger partial charge in [-0.3, -0.25) is 4.79 Å². The van der Waals surface area contributed by atoms with Crippen LogP contribution in [0.25, 0.3) is 6.08 Å². The number of nitrogens with zero attached hydrogens (tertiary/aromatic N) is 3. The van der Waals surface area contributed by atoms with Crippen molar-refractivity contribution in [1.82, 2.24) is 4.90 Å². The molecule has 0 radical (unpaired) electrons. The molecular formula is C25H17N3OS. The second-order valence-electron chi connectivity index (χ2n) is 7.56. The fraction of sp³-hybridized carbons (Fsp3) is 0.160. The van der Waals surface area contributed by atoms with Gasteiger partial charge < -0.3 is 4.90 Å². The van der Waals surface area contributed by atoms with E-state index in [0.29, 0.717) is 5.56 Å². The molecule has 0 N–H and O–H groups in total. The number of benzene rings is 2. The number of carbonyl (C=O) groups excluding carboxylic acids is 1. The number of ketones is 1. The van der Waals surface area contributed by atoms with Crippen molar-refractivity contribution < 1.29 is 4.79 Å². The van der Waals surface area contributed by atoms with Crippen molar-refractivity contribution in [2.45, 2.75) is 18.0 Å². The summed E-state index contributed by atoms with van der Waals surface area (Å²) in [7, 11) is 0. The van der Waals surface area contributed by atoms with E-state index in [2.05, 4.69) is 12.1 Å². The summed E-state index contributed by atoms with van der Waals surface area (Å²) >= 11 is 1.49. The van der Waals surface area contributed by atoms with Crippen LogP contribution in [-0.2, 0) is 0 Å². The second kappa shape index (κ2) is 6.99. The molecule has 0 saturated carbocycles. The molecule has 3 heterocycles. The molecule has 4 nitrogen and oxygen atoms in total. The Morgan fingerprint density at radius 2 is 1.70 bits per heavy atom. The van der Waals surface area contributed by atoms with Crippen LogP contribution in [0.4, 0.5) is 0 Å². The SMILES string of the molecule is N#CC1(C#N)C(c2cccs2)C(C(=O)c2ccccc2)N2C=Cc3ccccc3C21. The molecule has 3 atom stereocenters. The second-order valence-corrected chi connectivity index (χ2v) is 8.53. The molecule has 1 aromatic heterocycles. The van der Waals surface area contributed by atoms with Crippen LogP contribution in [0.3, 0.4) is 0 Å². The van der Waals surface area contributed by atoms with Crippen molar-refractivity contribution in [1.29, 1.82) is 10.5 Å². The van der Waals surface area contributed by atoms with Gasteiger partial charge in [0.05, 0.1) is 24.1 Å². The van der Waals surface area contributed by atoms with Gasteiger partial charge in [-0.05, 0) is 28.6 Å². The molecule has 30 heavy (non-hydrogen) atoms. The zero-order chi connectivity index (χ0) is 20.7. The van der Waals surface area contributed by atoms with E-state index in [1.807, 2.05) is 77.2 Å². The Morgan fingerprint density at radius 1 is 0.967 bits per heavy atom. The normalized spacial score (nSPS) is 23.1. The van der Waals surface area contributed by atoms with Gasteiger partial charge in [-0.25, -0.2) is 0 Å². The van der Waals surface area contributed by atoms with Crippen molar-refractivity contribution in [2.24, 2.45) is 5.41 Å². The molecule has 0 amide bonds. The Labute approximate surface area is 178 Å². The van der Waals surface area contributed by atoms with Crippen LogP contribution in [0, 0.1) is 28.1 Å². The summed E-state index contributed by atoms with van der Waals surface area (Å²) in [5.74, 6) is -0.628. The van der Waals surface area contributed by atoms with E-state index < -0.39 is 23.4 Å². The molecule has 5 rings (SSSR count). The topological polar surface area (TPSA) is 67.9 Å². The Balaban J connectivity index is 1.77. The summed E-state index contributed by atoms with van der Waals surface area (Å²) in [6, 6.07) is 24.3. The number of thiophene rings is 1. The van der Waals surface area contributed by atoms with E-state index >= 15 is 0 Å². The van der Waals surface area contributed by atoms with E-state index in [0.717, 1.165) is 16.0 Å². The largest absolute Gasteiger partial charge is 0.357 e. The van der Waals surface area contributed by atoms with Crippen LogP contribution in [0.2, 0.25) is 0 Å². The first kappa shape index (κ1) is 18.4. The molecule has 5 heteroatoms.